The van der Waals surface area contributed by atoms with E-state index in [0.717, 1.165) is 40.1 Å². The van der Waals surface area contributed by atoms with E-state index in [0.29, 0.717) is 24.9 Å². The van der Waals surface area contributed by atoms with Crippen LogP contribution >= 0.6 is 11.6 Å². The van der Waals surface area contributed by atoms with Crippen molar-refractivity contribution in [3.05, 3.63) is 59.2 Å². The number of fused-ring (bicyclic) bond motifs is 2. The Balaban J connectivity index is 1.58. The van der Waals surface area contributed by atoms with Gasteiger partial charge < -0.3 is 14.8 Å². The molecule has 1 aromatic heterocycles. The van der Waals surface area contributed by atoms with Gasteiger partial charge >= 0.3 is 0 Å². The summed E-state index contributed by atoms with van der Waals surface area (Å²) in [5.74, 6) is 2.39. The molecule has 0 unspecified atom stereocenters. The number of rotatable bonds is 3. The van der Waals surface area contributed by atoms with Crippen LogP contribution in [0.1, 0.15) is 12.0 Å². The Bertz CT molecular complexity index is 882. The minimum Gasteiger partial charge on any atom is -0.490 e. The predicted molar refractivity (Wildman–Crippen MR) is 96.1 cm³/mol. The van der Waals surface area contributed by atoms with Gasteiger partial charge in [-0.15, -0.1) is 0 Å². The molecule has 0 atom stereocenters. The highest BCUT2D eigenvalue weighted by molar-refractivity contribution is 6.30. The molecular formula is C19H17ClN2O2. The van der Waals surface area contributed by atoms with Crippen LogP contribution in [-0.2, 0) is 6.54 Å². The quantitative estimate of drug-likeness (QED) is 0.704. The van der Waals surface area contributed by atoms with Crippen molar-refractivity contribution >= 4 is 28.2 Å². The highest BCUT2D eigenvalue weighted by Crippen LogP contribution is 2.31. The molecule has 2 heterocycles. The second-order valence-corrected chi connectivity index (χ2v) is 6.09. The minimum atomic E-state index is 0.481. The third kappa shape index (κ3) is 3.10. The van der Waals surface area contributed by atoms with Crippen LogP contribution < -0.4 is 14.8 Å². The maximum Gasteiger partial charge on any atom is 0.161 e. The zero-order valence-electron chi connectivity index (χ0n) is 13.1. The highest BCUT2D eigenvalue weighted by atomic mass is 35.5. The Kier molecular flexibility index (Phi) is 4.13. The van der Waals surface area contributed by atoms with Crippen LogP contribution in [-0.4, -0.2) is 18.2 Å². The second-order valence-electron chi connectivity index (χ2n) is 5.70. The number of nitrogens with zero attached hydrogens (tertiary/aromatic N) is 1. The van der Waals surface area contributed by atoms with Crippen molar-refractivity contribution in [1.29, 1.82) is 0 Å². The van der Waals surface area contributed by atoms with Gasteiger partial charge in [0.2, 0.25) is 0 Å². The van der Waals surface area contributed by atoms with Gasteiger partial charge in [0.1, 0.15) is 11.0 Å². The molecule has 1 N–H and O–H groups in total. The largest absolute Gasteiger partial charge is 0.490 e. The molecule has 4 nitrogen and oxygen atoms in total. The number of aromatic nitrogens is 1. The molecule has 0 amide bonds. The first-order chi connectivity index (χ1) is 11.8. The number of pyridine rings is 1. The van der Waals surface area contributed by atoms with Crippen molar-refractivity contribution in [2.24, 2.45) is 0 Å². The van der Waals surface area contributed by atoms with Gasteiger partial charge in [-0.1, -0.05) is 41.9 Å². The van der Waals surface area contributed by atoms with E-state index in [9.17, 15) is 0 Å². The first-order valence-corrected chi connectivity index (χ1v) is 8.35. The fourth-order valence-corrected chi connectivity index (χ4v) is 3.01. The van der Waals surface area contributed by atoms with Crippen molar-refractivity contribution in [3.63, 3.8) is 0 Å². The normalized spacial score (nSPS) is 13.5. The van der Waals surface area contributed by atoms with Gasteiger partial charge in [0.05, 0.1) is 13.2 Å². The van der Waals surface area contributed by atoms with Crippen LogP contribution in [0.25, 0.3) is 10.8 Å². The molecular weight excluding hydrogens is 324 g/mol. The van der Waals surface area contributed by atoms with Gasteiger partial charge in [-0.05, 0) is 29.1 Å². The number of anilines is 1. The van der Waals surface area contributed by atoms with Gasteiger partial charge in [0.25, 0.3) is 0 Å². The Morgan fingerprint density at radius 1 is 1.00 bits per heavy atom. The molecule has 5 heteroatoms. The van der Waals surface area contributed by atoms with Crippen LogP contribution in [0.4, 0.5) is 5.82 Å². The molecule has 2 aromatic carbocycles. The summed E-state index contributed by atoms with van der Waals surface area (Å²) in [4.78, 5) is 4.42. The number of hydrogen-bond donors (Lipinski definition) is 1. The number of nitrogens with one attached hydrogen (secondary N) is 1. The third-order valence-corrected chi connectivity index (χ3v) is 4.17. The fraction of sp³-hybridized carbons (Fsp3) is 0.211. The Morgan fingerprint density at radius 2 is 1.83 bits per heavy atom. The van der Waals surface area contributed by atoms with Crippen molar-refractivity contribution in [2.75, 3.05) is 18.5 Å². The Labute approximate surface area is 145 Å². The van der Waals surface area contributed by atoms with Crippen molar-refractivity contribution in [3.8, 4) is 11.5 Å². The van der Waals surface area contributed by atoms with Gasteiger partial charge in [0.15, 0.2) is 11.5 Å². The first-order valence-electron chi connectivity index (χ1n) is 7.97. The zero-order chi connectivity index (χ0) is 16.4. The molecule has 1 aliphatic heterocycles. The van der Waals surface area contributed by atoms with E-state index in [1.807, 2.05) is 48.5 Å². The lowest BCUT2D eigenvalue weighted by atomic mass is 10.1. The van der Waals surface area contributed by atoms with Crippen LogP contribution in [0, 0.1) is 0 Å². The number of benzene rings is 2. The molecule has 3 aromatic rings. The lowest BCUT2D eigenvalue weighted by molar-refractivity contribution is 0.297. The molecule has 0 saturated heterocycles. The van der Waals surface area contributed by atoms with E-state index in [1.165, 1.54) is 0 Å². The Morgan fingerprint density at radius 3 is 2.75 bits per heavy atom. The minimum absolute atomic E-state index is 0.481. The van der Waals surface area contributed by atoms with Crippen molar-refractivity contribution < 1.29 is 9.47 Å². The SMILES string of the molecule is Clc1cc2ccccc2c(NCc2ccc3c(c2)OCCCO3)n1. The summed E-state index contributed by atoms with van der Waals surface area (Å²) in [7, 11) is 0. The van der Waals surface area contributed by atoms with Gasteiger partial charge in [-0.25, -0.2) is 4.98 Å². The average molecular weight is 341 g/mol. The number of hydrogen-bond acceptors (Lipinski definition) is 4. The molecule has 1 aliphatic rings. The van der Waals surface area contributed by atoms with E-state index in [1.54, 1.807) is 0 Å². The monoisotopic (exact) mass is 340 g/mol. The summed E-state index contributed by atoms with van der Waals surface area (Å²) in [6.45, 7) is 2.02. The topological polar surface area (TPSA) is 43.4 Å². The third-order valence-electron chi connectivity index (χ3n) is 3.98. The first kappa shape index (κ1) is 15.1. The van der Waals surface area contributed by atoms with E-state index in [-0.39, 0.29) is 0 Å². The van der Waals surface area contributed by atoms with Gasteiger partial charge in [-0.3, -0.25) is 0 Å². The summed E-state index contributed by atoms with van der Waals surface area (Å²) in [6.07, 6.45) is 0.903. The second kappa shape index (κ2) is 6.57. The molecule has 0 bridgehead atoms. The molecule has 122 valence electrons. The fourth-order valence-electron chi connectivity index (χ4n) is 2.80. The molecule has 0 saturated carbocycles. The summed E-state index contributed by atoms with van der Waals surface area (Å²) in [5, 5.41) is 5.98. The van der Waals surface area contributed by atoms with E-state index in [4.69, 9.17) is 21.1 Å². The molecule has 24 heavy (non-hydrogen) atoms. The maximum atomic E-state index is 6.13. The van der Waals surface area contributed by atoms with Crippen LogP contribution in [0.3, 0.4) is 0 Å². The van der Waals surface area contributed by atoms with Crippen LogP contribution in [0.5, 0.6) is 11.5 Å². The summed E-state index contributed by atoms with van der Waals surface area (Å²) in [5.41, 5.74) is 1.10. The smallest absolute Gasteiger partial charge is 0.161 e. The average Bonchev–Trinajstić information content (AvgIpc) is 2.84. The van der Waals surface area contributed by atoms with Crippen molar-refractivity contribution in [1.82, 2.24) is 4.98 Å². The van der Waals surface area contributed by atoms with Crippen LogP contribution in [0.2, 0.25) is 5.15 Å². The molecule has 4 rings (SSSR count). The molecule has 0 radical (unpaired) electrons. The number of halogens is 1. The predicted octanol–water partition coefficient (Wildman–Crippen LogP) is 4.66. The van der Waals surface area contributed by atoms with Crippen LogP contribution in [0.15, 0.2) is 48.5 Å². The summed E-state index contributed by atoms with van der Waals surface area (Å²) >= 11 is 6.13. The summed E-state index contributed by atoms with van der Waals surface area (Å²) in [6, 6.07) is 15.9. The zero-order valence-corrected chi connectivity index (χ0v) is 13.8. The van der Waals surface area contributed by atoms with E-state index in [2.05, 4.69) is 10.3 Å². The molecule has 0 aliphatic carbocycles. The molecule has 0 spiro atoms. The lowest BCUT2D eigenvalue weighted by Crippen LogP contribution is -2.03. The molecule has 0 fully saturated rings. The maximum absolute atomic E-state index is 6.13. The highest BCUT2D eigenvalue weighted by Gasteiger charge is 2.11. The number of ether oxygens (including phenoxy) is 2. The summed E-state index contributed by atoms with van der Waals surface area (Å²) < 4.78 is 11.4. The standard InChI is InChI=1S/C19H17ClN2O2/c20-18-11-14-4-1-2-5-15(14)19(22-18)21-12-13-6-7-16-17(10-13)24-9-3-8-23-16/h1-2,4-7,10-11H,3,8-9,12H2,(H,21,22). The van der Waals surface area contributed by atoms with E-state index >= 15 is 0 Å². The Hall–Kier alpha value is -2.46. The lowest BCUT2D eigenvalue weighted by Gasteiger charge is -2.12. The van der Waals surface area contributed by atoms with Gasteiger partial charge in [0, 0.05) is 18.4 Å². The van der Waals surface area contributed by atoms with Crippen molar-refractivity contribution in [2.45, 2.75) is 13.0 Å². The van der Waals surface area contributed by atoms with E-state index < -0.39 is 0 Å². The van der Waals surface area contributed by atoms with Gasteiger partial charge in [-0.2, -0.15) is 0 Å².